The van der Waals surface area contributed by atoms with Gasteiger partial charge in [-0.25, -0.2) is 0 Å². The van der Waals surface area contributed by atoms with Crippen molar-refractivity contribution in [3.05, 3.63) is 42.2 Å². The van der Waals surface area contributed by atoms with E-state index in [1.807, 2.05) is 24.3 Å². The van der Waals surface area contributed by atoms with Gasteiger partial charge < -0.3 is 9.73 Å². The van der Waals surface area contributed by atoms with Gasteiger partial charge in [-0.3, -0.25) is 9.59 Å². The van der Waals surface area contributed by atoms with Gasteiger partial charge >= 0.3 is 0 Å². The summed E-state index contributed by atoms with van der Waals surface area (Å²) in [5.74, 6) is 0.158. The molecule has 1 aromatic heterocycles. The van der Waals surface area contributed by atoms with Crippen LogP contribution in [0, 0.1) is 0 Å². The summed E-state index contributed by atoms with van der Waals surface area (Å²) in [4.78, 5) is 22.5. The van der Waals surface area contributed by atoms with Crippen molar-refractivity contribution in [2.75, 3.05) is 5.32 Å². The number of furan rings is 1. The van der Waals surface area contributed by atoms with Gasteiger partial charge in [-0.1, -0.05) is 12.1 Å². The lowest BCUT2D eigenvalue weighted by molar-refractivity contribution is -0.114. The summed E-state index contributed by atoms with van der Waals surface area (Å²) < 4.78 is 5.28. The molecule has 92 valence electrons. The number of para-hydroxylation sites is 1. The van der Waals surface area contributed by atoms with Crippen molar-refractivity contribution >= 4 is 29.6 Å². The van der Waals surface area contributed by atoms with Crippen LogP contribution in [0.25, 0.3) is 0 Å². The van der Waals surface area contributed by atoms with E-state index in [9.17, 15) is 9.59 Å². The van der Waals surface area contributed by atoms with E-state index in [2.05, 4.69) is 5.32 Å². The second-order valence-electron chi connectivity index (χ2n) is 3.55. The van der Waals surface area contributed by atoms with Gasteiger partial charge in [0.05, 0.1) is 5.69 Å². The van der Waals surface area contributed by atoms with Gasteiger partial charge in [0.1, 0.15) is 0 Å². The van der Waals surface area contributed by atoms with E-state index < -0.39 is 0 Å². The average molecular weight is 261 g/mol. The Labute approximate surface area is 108 Å². The Morgan fingerprint density at radius 1 is 1.28 bits per heavy atom. The summed E-state index contributed by atoms with van der Waals surface area (Å²) in [6, 6.07) is 10.7. The van der Waals surface area contributed by atoms with Gasteiger partial charge in [0, 0.05) is 11.8 Å². The number of hydrogen-bond acceptors (Lipinski definition) is 4. The lowest BCUT2D eigenvalue weighted by Gasteiger charge is -2.07. The minimum absolute atomic E-state index is 0.129. The van der Waals surface area contributed by atoms with Gasteiger partial charge in [0.25, 0.3) is 0 Å². The number of carbonyl (C=O) groups excluding carboxylic acids is 2. The lowest BCUT2D eigenvalue weighted by atomic mass is 10.3. The second-order valence-corrected chi connectivity index (χ2v) is 4.60. The van der Waals surface area contributed by atoms with E-state index in [1.54, 1.807) is 12.1 Å². The summed E-state index contributed by atoms with van der Waals surface area (Å²) in [6.07, 6.45) is 0.657. The Balaban J connectivity index is 2.22. The first kappa shape index (κ1) is 12.4. The molecule has 1 aromatic carbocycles. The van der Waals surface area contributed by atoms with Gasteiger partial charge in [0.2, 0.25) is 5.91 Å². The summed E-state index contributed by atoms with van der Waals surface area (Å²) in [5, 5.41) is 3.35. The molecule has 0 saturated heterocycles. The standard InChI is InChI=1S/C13H11NO3S/c1-9(16)14-11-4-2-3-5-12(11)18-13-7-6-10(8-15)17-13/h2-8H,1H3,(H,14,16). The molecule has 5 heteroatoms. The van der Waals surface area contributed by atoms with Crippen molar-refractivity contribution in [1.82, 2.24) is 0 Å². The molecule has 0 saturated carbocycles. The molecule has 0 aliphatic carbocycles. The monoisotopic (exact) mass is 261 g/mol. The normalized spacial score (nSPS) is 10.1. The zero-order valence-electron chi connectivity index (χ0n) is 9.67. The third-order valence-corrected chi connectivity index (χ3v) is 3.12. The highest BCUT2D eigenvalue weighted by Crippen LogP contribution is 2.34. The quantitative estimate of drug-likeness (QED) is 0.858. The number of anilines is 1. The summed E-state index contributed by atoms with van der Waals surface area (Å²) >= 11 is 1.35. The number of carbonyl (C=O) groups is 2. The summed E-state index contributed by atoms with van der Waals surface area (Å²) in [7, 11) is 0. The highest BCUT2D eigenvalue weighted by atomic mass is 32.2. The Morgan fingerprint density at radius 3 is 2.72 bits per heavy atom. The topological polar surface area (TPSA) is 59.3 Å². The molecule has 0 bridgehead atoms. The molecule has 0 aliphatic rings. The third-order valence-electron chi connectivity index (χ3n) is 2.13. The molecule has 2 aromatic rings. The number of nitrogens with one attached hydrogen (secondary N) is 1. The number of amides is 1. The Kier molecular flexibility index (Phi) is 3.84. The maximum atomic E-state index is 11.1. The Morgan fingerprint density at radius 2 is 2.06 bits per heavy atom. The molecule has 0 radical (unpaired) electrons. The van der Waals surface area contributed by atoms with Crippen LogP contribution in [0.3, 0.4) is 0 Å². The average Bonchev–Trinajstić information content (AvgIpc) is 2.79. The second kappa shape index (κ2) is 5.55. The van der Waals surface area contributed by atoms with Crippen LogP contribution in [0.2, 0.25) is 0 Å². The van der Waals surface area contributed by atoms with E-state index in [-0.39, 0.29) is 11.7 Å². The Hall–Kier alpha value is -2.01. The van der Waals surface area contributed by atoms with Crippen LogP contribution in [0.15, 0.2) is 50.8 Å². The van der Waals surface area contributed by atoms with E-state index in [0.29, 0.717) is 11.4 Å². The fourth-order valence-electron chi connectivity index (χ4n) is 1.41. The van der Waals surface area contributed by atoms with E-state index in [0.717, 1.165) is 10.6 Å². The molecular weight excluding hydrogens is 250 g/mol. The van der Waals surface area contributed by atoms with E-state index in [1.165, 1.54) is 18.7 Å². The maximum absolute atomic E-state index is 11.1. The highest BCUT2D eigenvalue weighted by molar-refractivity contribution is 7.99. The predicted molar refractivity (Wildman–Crippen MR) is 69.0 cm³/mol. The molecule has 0 atom stereocenters. The molecule has 0 fully saturated rings. The minimum Gasteiger partial charge on any atom is -0.447 e. The fourth-order valence-corrected chi connectivity index (χ4v) is 2.28. The SMILES string of the molecule is CC(=O)Nc1ccccc1Sc1ccc(C=O)o1. The molecule has 0 unspecified atom stereocenters. The van der Waals surface area contributed by atoms with Crippen molar-refractivity contribution in [2.45, 2.75) is 16.9 Å². The summed E-state index contributed by atoms with van der Waals surface area (Å²) in [5.41, 5.74) is 0.721. The first-order valence-electron chi connectivity index (χ1n) is 5.28. The molecule has 1 N–H and O–H groups in total. The van der Waals surface area contributed by atoms with Crippen LogP contribution < -0.4 is 5.32 Å². The van der Waals surface area contributed by atoms with Crippen LogP contribution in [-0.2, 0) is 4.79 Å². The molecule has 0 aliphatic heterocycles. The molecule has 18 heavy (non-hydrogen) atoms. The van der Waals surface area contributed by atoms with E-state index in [4.69, 9.17) is 4.42 Å². The van der Waals surface area contributed by atoms with Crippen LogP contribution in [-0.4, -0.2) is 12.2 Å². The zero-order valence-corrected chi connectivity index (χ0v) is 10.5. The van der Waals surface area contributed by atoms with Crippen molar-refractivity contribution in [3.8, 4) is 0 Å². The first-order valence-corrected chi connectivity index (χ1v) is 6.10. The fraction of sp³-hybridized carbons (Fsp3) is 0.0769. The maximum Gasteiger partial charge on any atom is 0.221 e. The molecular formula is C13H11NO3S. The number of rotatable bonds is 4. The molecule has 0 spiro atoms. The predicted octanol–water partition coefficient (Wildman–Crippen LogP) is 3.20. The van der Waals surface area contributed by atoms with Crippen molar-refractivity contribution < 1.29 is 14.0 Å². The first-order chi connectivity index (χ1) is 8.69. The lowest BCUT2D eigenvalue weighted by Crippen LogP contribution is -2.06. The Bertz CT molecular complexity index is 577. The number of benzene rings is 1. The van der Waals surface area contributed by atoms with Crippen molar-refractivity contribution in [3.63, 3.8) is 0 Å². The summed E-state index contributed by atoms with van der Waals surface area (Å²) in [6.45, 7) is 1.46. The molecule has 4 nitrogen and oxygen atoms in total. The van der Waals surface area contributed by atoms with Crippen LogP contribution in [0.4, 0.5) is 5.69 Å². The highest BCUT2D eigenvalue weighted by Gasteiger charge is 2.08. The van der Waals surface area contributed by atoms with Crippen LogP contribution in [0.1, 0.15) is 17.5 Å². The minimum atomic E-state index is -0.129. The van der Waals surface area contributed by atoms with Crippen molar-refractivity contribution in [2.24, 2.45) is 0 Å². The van der Waals surface area contributed by atoms with Crippen LogP contribution >= 0.6 is 11.8 Å². The smallest absolute Gasteiger partial charge is 0.221 e. The van der Waals surface area contributed by atoms with Crippen LogP contribution in [0.5, 0.6) is 0 Å². The van der Waals surface area contributed by atoms with Gasteiger partial charge in [-0.15, -0.1) is 0 Å². The molecule has 2 rings (SSSR count). The largest absolute Gasteiger partial charge is 0.447 e. The third kappa shape index (κ3) is 3.01. The van der Waals surface area contributed by atoms with Crippen molar-refractivity contribution in [1.29, 1.82) is 0 Å². The van der Waals surface area contributed by atoms with Gasteiger partial charge in [0.15, 0.2) is 17.1 Å². The molecule has 1 amide bonds. The molecule has 1 heterocycles. The van der Waals surface area contributed by atoms with Gasteiger partial charge in [-0.2, -0.15) is 0 Å². The number of aldehydes is 1. The van der Waals surface area contributed by atoms with Gasteiger partial charge in [-0.05, 0) is 36.0 Å². The number of hydrogen-bond donors (Lipinski definition) is 1. The van der Waals surface area contributed by atoms with E-state index >= 15 is 0 Å². The zero-order chi connectivity index (χ0) is 13.0.